The molecule has 0 unspecified atom stereocenters. The third-order valence-corrected chi connectivity index (χ3v) is 5.09. The molecule has 1 aliphatic carbocycles. The molecule has 0 aliphatic heterocycles. The number of hydrogen-bond donors (Lipinski definition) is 1. The molecule has 0 radical (unpaired) electrons. The van der Waals surface area contributed by atoms with Crippen LogP contribution < -0.4 is 5.32 Å². The van der Waals surface area contributed by atoms with Crippen molar-refractivity contribution < 1.29 is 9.18 Å². The van der Waals surface area contributed by atoms with Crippen LogP contribution in [0.1, 0.15) is 30.2 Å². The fraction of sp³-hybridized carbons (Fsp3) is 0.357. The summed E-state index contributed by atoms with van der Waals surface area (Å²) in [4.78, 5) is 12.4. The zero-order valence-electron chi connectivity index (χ0n) is 11.2. The molecule has 2 aromatic rings. The molecule has 1 aromatic heterocycles. The van der Waals surface area contributed by atoms with Gasteiger partial charge in [0.1, 0.15) is 10.8 Å². The highest BCUT2D eigenvalue weighted by molar-refractivity contribution is 7.99. The molecule has 4 nitrogen and oxygen atoms in total. The van der Waals surface area contributed by atoms with E-state index >= 15 is 0 Å². The maximum atomic E-state index is 13.4. The number of anilines is 1. The van der Waals surface area contributed by atoms with Gasteiger partial charge in [0.15, 0.2) is 0 Å². The molecule has 110 valence electrons. The molecule has 0 bridgehead atoms. The molecule has 1 amide bonds. The van der Waals surface area contributed by atoms with Crippen LogP contribution in [0.2, 0.25) is 0 Å². The lowest BCUT2D eigenvalue weighted by Gasteiger charge is -2.03. The lowest BCUT2D eigenvalue weighted by atomic mass is 10.3. The van der Waals surface area contributed by atoms with Crippen LogP contribution in [0.15, 0.2) is 29.2 Å². The molecule has 1 fully saturated rings. The molecule has 1 saturated carbocycles. The number of nitrogens with zero attached hydrogens (tertiary/aromatic N) is 2. The molecule has 0 atom stereocenters. The number of benzene rings is 1. The van der Waals surface area contributed by atoms with Crippen LogP contribution in [0.3, 0.4) is 0 Å². The average Bonchev–Trinajstić information content (AvgIpc) is 3.22. The predicted molar refractivity (Wildman–Crippen MR) is 82.3 cm³/mol. The number of carbonyl (C=O) groups excluding carboxylic acids is 1. The number of nitrogens with one attached hydrogen (secondary N) is 1. The fourth-order valence-electron chi connectivity index (χ4n) is 1.78. The van der Waals surface area contributed by atoms with Crippen LogP contribution in [-0.4, -0.2) is 21.9 Å². The largest absolute Gasteiger partial charge is 0.301 e. The third kappa shape index (κ3) is 4.01. The summed E-state index contributed by atoms with van der Waals surface area (Å²) >= 11 is 2.78. The van der Waals surface area contributed by atoms with Crippen molar-refractivity contribution in [2.45, 2.75) is 30.1 Å². The fourth-order valence-corrected chi connectivity index (χ4v) is 3.59. The first-order chi connectivity index (χ1) is 10.2. The zero-order valence-corrected chi connectivity index (χ0v) is 12.8. The molecule has 0 spiro atoms. The van der Waals surface area contributed by atoms with Gasteiger partial charge in [0.25, 0.3) is 0 Å². The monoisotopic (exact) mass is 323 g/mol. The van der Waals surface area contributed by atoms with E-state index in [9.17, 15) is 9.18 Å². The van der Waals surface area contributed by atoms with Crippen molar-refractivity contribution in [2.75, 3.05) is 11.1 Å². The minimum Gasteiger partial charge on any atom is -0.301 e. The normalized spacial score (nSPS) is 14.1. The standard InChI is InChI=1S/C14H14FN3OS2/c15-10-3-1-2-4-11(10)20-8-7-12(19)16-14-18-17-13(21-14)9-5-6-9/h1-4,9H,5-8H2,(H,16,18,19). The second kappa shape index (κ2) is 6.53. The molecule has 1 aliphatic rings. The molecule has 0 saturated heterocycles. The number of halogens is 1. The topological polar surface area (TPSA) is 54.9 Å². The Balaban J connectivity index is 1.44. The van der Waals surface area contributed by atoms with Crippen molar-refractivity contribution in [3.8, 4) is 0 Å². The van der Waals surface area contributed by atoms with Crippen molar-refractivity contribution in [2.24, 2.45) is 0 Å². The zero-order chi connectivity index (χ0) is 14.7. The summed E-state index contributed by atoms with van der Waals surface area (Å²) in [6, 6.07) is 6.57. The van der Waals surface area contributed by atoms with E-state index in [1.54, 1.807) is 18.2 Å². The molecule has 3 rings (SSSR count). The number of thioether (sulfide) groups is 1. The van der Waals surface area contributed by atoms with Gasteiger partial charge in [0, 0.05) is 23.0 Å². The van der Waals surface area contributed by atoms with E-state index in [0.717, 1.165) is 5.01 Å². The summed E-state index contributed by atoms with van der Waals surface area (Å²) < 4.78 is 13.4. The van der Waals surface area contributed by atoms with E-state index < -0.39 is 0 Å². The van der Waals surface area contributed by atoms with Gasteiger partial charge in [-0.15, -0.1) is 22.0 Å². The molecule has 7 heteroatoms. The molecule has 1 aromatic carbocycles. The van der Waals surface area contributed by atoms with Gasteiger partial charge < -0.3 is 5.32 Å². The van der Waals surface area contributed by atoms with Crippen LogP contribution in [-0.2, 0) is 4.79 Å². The Morgan fingerprint density at radius 3 is 2.95 bits per heavy atom. The van der Waals surface area contributed by atoms with E-state index in [1.807, 2.05) is 0 Å². The number of aromatic nitrogens is 2. The Labute approximate surface area is 130 Å². The van der Waals surface area contributed by atoms with E-state index in [1.165, 1.54) is 42.0 Å². The molecular formula is C14H14FN3OS2. The van der Waals surface area contributed by atoms with Crippen molar-refractivity contribution in [3.63, 3.8) is 0 Å². The first-order valence-corrected chi connectivity index (χ1v) is 8.53. The van der Waals surface area contributed by atoms with Crippen molar-refractivity contribution >= 4 is 34.1 Å². The minimum atomic E-state index is -0.249. The summed E-state index contributed by atoms with van der Waals surface area (Å²) in [6.07, 6.45) is 2.65. The van der Waals surface area contributed by atoms with Gasteiger partial charge in [-0.3, -0.25) is 4.79 Å². The maximum absolute atomic E-state index is 13.4. The summed E-state index contributed by atoms with van der Waals surface area (Å²) in [5, 5.41) is 12.3. The van der Waals surface area contributed by atoms with Crippen molar-refractivity contribution in [1.29, 1.82) is 0 Å². The van der Waals surface area contributed by atoms with Crippen LogP contribution in [0.4, 0.5) is 9.52 Å². The Bertz CT molecular complexity index is 643. The lowest BCUT2D eigenvalue weighted by Crippen LogP contribution is -2.12. The summed E-state index contributed by atoms with van der Waals surface area (Å²) in [5.74, 6) is 0.712. The van der Waals surface area contributed by atoms with Gasteiger partial charge in [-0.25, -0.2) is 4.39 Å². The SMILES string of the molecule is O=C(CCSc1ccccc1F)Nc1nnc(C2CC2)s1. The molecule has 1 N–H and O–H groups in total. The summed E-state index contributed by atoms with van der Waals surface area (Å²) in [6.45, 7) is 0. The number of rotatable bonds is 6. The van der Waals surface area contributed by atoms with E-state index in [2.05, 4.69) is 15.5 Å². The van der Waals surface area contributed by atoms with Gasteiger partial charge in [0.05, 0.1) is 0 Å². The highest BCUT2D eigenvalue weighted by atomic mass is 32.2. The van der Waals surface area contributed by atoms with Gasteiger partial charge in [-0.2, -0.15) is 0 Å². The first-order valence-electron chi connectivity index (χ1n) is 6.73. The molecule has 21 heavy (non-hydrogen) atoms. The Morgan fingerprint density at radius 2 is 2.19 bits per heavy atom. The molecule has 1 heterocycles. The van der Waals surface area contributed by atoms with Gasteiger partial charge in [0.2, 0.25) is 11.0 Å². The Kier molecular flexibility index (Phi) is 4.50. The second-order valence-electron chi connectivity index (χ2n) is 4.80. The lowest BCUT2D eigenvalue weighted by molar-refractivity contribution is -0.115. The number of hydrogen-bond acceptors (Lipinski definition) is 5. The highest BCUT2D eigenvalue weighted by Gasteiger charge is 2.27. The van der Waals surface area contributed by atoms with E-state index in [0.29, 0.717) is 28.1 Å². The van der Waals surface area contributed by atoms with Crippen LogP contribution >= 0.6 is 23.1 Å². The Morgan fingerprint density at radius 1 is 1.38 bits per heavy atom. The first kappa shape index (κ1) is 14.5. The van der Waals surface area contributed by atoms with Crippen LogP contribution in [0, 0.1) is 5.82 Å². The maximum Gasteiger partial charge on any atom is 0.227 e. The minimum absolute atomic E-state index is 0.114. The Hall–Kier alpha value is -1.47. The third-order valence-electron chi connectivity index (χ3n) is 3.04. The van der Waals surface area contributed by atoms with Gasteiger partial charge in [-0.1, -0.05) is 23.5 Å². The predicted octanol–water partition coefficient (Wildman–Crippen LogP) is 3.68. The van der Waals surface area contributed by atoms with E-state index in [4.69, 9.17) is 0 Å². The quantitative estimate of drug-likeness (QED) is 0.824. The average molecular weight is 323 g/mol. The van der Waals surface area contributed by atoms with E-state index in [-0.39, 0.29) is 11.7 Å². The number of amides is 1. The molecular weight excluding hydrogens is 309 g/mol. The summed E-state index contributed by atoms with van der Waals surface area (Å²) in [7, 11) is 0. The highest BCUT2D eigenvalue weighted by Crippen LogP contribution is 2.42. The number of carbonyl (C=O) groups is 1. The van der Waals surface area contributed by atoms with Crippen LogP contribution in [0.25, 0.3) is 0 Å². The summed E-state index contributed by atoms with van der Waals surface area (Å²) in [5.41, 5.74) is 0. The smallest absolute Gasteiger partial charge is 0.227 e. The van der Waals surface area contributed by atoms with Gasteiger partial charge in [-0.05, 0) is 25.0 Å². The van der Waals surface area contributed by atoms with Crippen LogP contribution in [0.5, 0.6) is 0 Å². The van der Waals surface area contributed by atoms with Crippen molar-refractivity contribution in [1.82, 2.24) is 10.2 Å². The van der Waals surface area contributed by atoms with Gasteiger partial charge >= 0.3 is 0 Å². The second-order valence-corrected chi connectivity index (χ2v) is 6.94. The van der Waals surface area contributed by atoms with Crippen molar-refractivity contribution in [3.05, 3.63) is 35.1 Å².